The number of amides is 1. The Balaban J connectivity index is 1.72. The molecule has 1 N–H and O–H groups in total. The summed E-state index contributed by atoms with van der Waals surface area (Å²) < 4.78 is 5.03. The predicted octanol–water partition coefficient (Wildman–Crippen LogP) is 5.18. The monoisotopic (exact) mass is 405 g/mol. The lowest BCUT2D eigenvalue weighted by Gasteiger charge is -2.18. The maximum Gasteiger partial charge on any atom is 0.341 e. The van der Waals surface area contributed by atoms with Crippen molar-refractivity contribution >= 4 is 28.2 Å². The maximum absolute atomic E-state index is 13.4. The number of carbonyl (C=O) groups excluding carboxylic acids is 2. The first-order chi connectivity index (χ1) is 14.2. The number of hydrogen-bond acceptors (Lipinski definition) is 4. The van der Waals surface area contributed by atoms with Crippen LogP contribution in [0.25, 0.3) is 0 Å². The molecule has 0 atom stereocenters. The molecule has 148 valence electrons. The minimum absolute atomic E-state index is 0.147. The molecule has 5 heteroatoms. The first kappa shape index (κ1) is 19.4. The Morgan fingerprint density at radius 1 is 0.931 bits per heavy atom. The van der Waals surface area contributed by atoms with E-state index in [0.717, 1.165) is 42.4 Å². The van der Waals surface area contributed by atoms with Crippen molar-refractivity contribution in [2.24, 2.45) is 0 Å². The van der Waals surface area contributed by atoms with Crippen LogP contribution in [-0.2, 0) is 22.4 Å². The minimum atomic E-state index is -0.456. The third-order valence-electron chi connectivity index (χ3n) is 5.33. The number of esters is 1. The summed E-state index contributed by atoms with van der Waals surface area (Å²) >= 11 is 1.51. The van der Waals surface area contributed by atoms with E-state index in [0.29, 0.717) is 10.6 Å². The molecule has 0 spiro atoms. The fourth-order valence-corrected chi connectivity index (χ4v) is 5.22. The summed E-state index contributed by atoms with van der Waals surface area (Å²) in [6.07, 6.45) is 3.96. The highest BCUT2D eigenvalue weighted by atomic mass is 32.1. The molecule has 4 nitrogen and oxygen atoms in total. The van der Waals surface area contributed by atoms with Crippen LogP contribution >= 0.6 is 11.3 Å². The quantitative estimate of drug-likeness (QED) is 0.595. The van der Waals surface area contributed by atoms with E-state index in [1.807, 2.05) is 60.7 Å². The van der Waals surface area contributed by atoms with E-state index < -0.39 is 5.92 Å². The Labute approximate surface area is 174 Å². The summed E-state index contributed by atoms with van der Waals surface area (Å²) in [5, 5.41) is 3.66. The first-order valence-electron chi connectivity index (χ1n) is 9.82. The zero-order chi connectivity index (χ0) is 20.2. The standard InChI is InChI=1S/C24H23NO3S/c1-28-24(27)21-18-14-8-9-15-19(18)29-23(21)25-22(26)20(16-10-4-2-5-11-16)17-12-6-3-7-13-17/h2-7,10-13,20H,8-9,14-15H2,1H3,(H,25,26). The topological polar surface area (TPSA) is 55.4 Å². The Morgan fingerprint density at radius 2 is 1.52 bits per heavy atom. The second-order valence-corrected chi connectivity index (χ2v) is 8.26. The Kier molecular flexibility index (Phi) is 5.76. The summed E-state index contributed by atoms with van der Waals surface area (Å²) in [6, 6.07) is 19.4. The van der Waals surface area contributed by atoms with Crippen molar-refractivity contribution in [3.8, 4) is 0 Å². The van der Waals surface area contributed by atoms with E-state index in [1.165, 1.54) is 23.3 Å². The number of carbonyl (C=O) groups is 2. The van der Waals surface area contributed by atoms with Gasteiger partial charge >= 0.3 is 5.97 Å². The van der Waals surface area contributed by atoms with Crippen LogP contribution in [0.2, 0.25) is 0 Å². The maximum atomic E-state index is 13.4. The van der Waals surface area contributed by atoms with E-state index in [4.69, 9.17) is 4.74 Å². The number of fused-ring (bicyclic) bond motifs is 1. The number of rotatable bonds is 5. The van der Waals surface area contributed by atoms with Gasteiger partial charge in [-0.05, 0) is 42.4 Å². The third kappa shape index (κ3) is 3.96. The molecule has 1 aliphatic rings. The number of thiophene rings is 1. The van der Waals surface area contributed by atoms with Gasteiger partial charge in [0.1, 0.15) is 5.00 Å². The molecule has 1 aliphatic carbocycles. The Morgan fingerprint density at radius 3 is 2.10 bits per heavy atom. The summed E-state index contributed by atoms with van der Waals surface area (Å²) in [7, 11) is 1.39. The van der Waals surface area contributed by atoms with Crippen molar-refractivity contribution < 1.29 is 14.3 Å². The summed E-state index contributed by atoms with van der Waals surface area (Å²) in [6.45, 7) is 0. The molecular formula is C24H23NO3S. The van der Waals surface area contributed by atoms with Gasteiger partial charge in [-0.2, -0.15) is 0 Å². The zero-order valence-corrected chi connectivity index (χ0v) is 17.1. The number of anilines is 1. The average molecular weight is 406 g/mol. The minimum Gasteiger partial charge on any atom is -0.465 e. The van der Waals surface area contributed by atoms with Crippen LogP contribution in [0.1, 0.15) is 50.7 Å². The molecule has 4 rings (SSSR count). The molecule has 3 aromatic rings. The largest absolute Gasteiger partial charge is 0.465 e. The lowest BCUT2D eigenvalue weighted by molar-refractivity contribution is -0.116. The molecule has 0 fully saturated rings. The molecule has 29 heavy (non-hydrogen) atoms. The van der Waals surface area contributed by atoms with E-state index in [1.54, 1.807) is 0 Å². The van der Waals surface area contributed by atoms with Gasteiger partial charge in [-0.25, -0.2) is 4.79 Å². The van der Waals surface area contributed by atoms with Crippen LogP contribution in [0, 0.1) is 0 Å². The van der Waals surface area contributed by atoms with Crippen molar-refractivity contribution in [1.82, 2.24) is 0 Å². The van der Waals surface area contributed by atoms with E-state index >= 15 is 0 Å². The molecule has 0 bridgehead atoms. The van der Waals surface area contributed by atoms with Gasteiger partial charge in [0.15, 0.2) is 0 Å². The predicted molar refractivity (Wildman–Crippen MR) is 116 cm³/mol. The Bertz CT molecular complexity index is 972. The SMILES string of the molecule is COC(=O)c1c(NC(=O)C(c2ccccc2)c2ccccc2)sc2c1CCCC2. The van der Waals surface area contributed by atoms with Crippen molar-refractivity contribution in [3.05, 3.63) is 87.8 Å². The molecule has 0 radical (unpaired) electrons. The number of nitrogens with one attached hydrogen (secondary N) is 1. The molecular weight excluding hydrogens is 382 g/mol. The Hall–Kier alpha value is -2.92. The van der Waals surface area contributed by atoms with Gasteiger partial charge in [0.2, 0.25) is 5.91 Å². The van der Waals surface area contributed by atoms with Gasteiger partial charge in [-0.3, -0.25) is 4.79 Å². The summed E-state index contributed by atoms with van der Waals surface area (Å²) in [5.41, 5.74) is 3.40. The van der Waals surface area contributed by atoms with Crippen LogP contribution in [0.3, 0.4) is 0 Å². The molecule has 0 unspecified atom stereocenters. The van der Waals surface area contributed by atoms with E-state index in [-0.39, 0.29) is 11.9 Å². The zero-order valence-electron chi connectivity index (χ0n) is 16.3. The average Bonchev–Trinajstić information content (AvgIpc) is 3.12. The number of methoxy groups -OCH3 is 1. The lowest BCUT2D eigenvalue weighted by atomic mass is 9.90. The van der Waals surface area contributed by atoms with Crippen molar-refractivity contribution in [3.63, 3.8) is 0 Å². The third-order valence-corrected chi connectivity index (χ3v) is 6.53. The normalized spacial score (nSPS) is 13.0. The number of benzene rings is 2. The van der Waals surface area contributed by atoms with Crippen LogP contribution in [-0.4, -0.2) is 19.0 Å². The molecule has 1 heterocycles. The molecule has 1 amide bonds. The van der Waals surface area contributed by atoms with Crippen molar-refractivity contribution in [2.45, 2.75) is 31.6 Å². The van der Waals surface area contributed by atoms with E-state index in [2.05, 4.69) is 5.32 Å². The van der Waals surface area contributed by atoms with Gasteiger partial charge in [0.05, 0.1) is 18.6 Å². The molecule has 0 aliphatic heterocycles. The number of aryl methyl sites for hydroxylation is 1. The molecule has 2 aromatic carbocycles. The first-order valence-corrected chi connectivity index (χ1v) is 10.6. The highest BCUT2D eigenvalue weighted by molar-refractivity contribution is 7.17. The molecule has 1 aromatic heterocycles. The van der Waals surface area contributed by atoms with Crippen molar-refractivity contribution in [1.29, 1.82) is 0 Å². The van der Waals surface area contributed by atoms with Gasteiger partial charge in [0, 0.05) is 4.88 Å². The van der Waals surface area contributed by atoms with Gasteiger partial charge in [0.25, 0.3) is 0 Å². The molecule has 0 saturated carbocycles. The second kappa shape index (κ2) is 8.62. The fraction of sp³-hybridized carbons (Fsp3) is 0.250. The van der Waals surface area contributed by atoms with Gasteiger partial charge < -0.3 is 10.1 Å². The van der Waals surface area contributed by atoms with Crippen LogP contribution < -0.4 is 5.32 Å². The smallest absolute Gasteiger partial charge is 0.341 e. The highest BCUT2D eigenvalue weighted by Gasteiger charge is 2.29. The lowest BCUT2D eigenvalue weighted by Crippen LogP contribution is -2.23. The summed E-state index contributed by atoms with van der Waals surface area (Å²) in [4.78, 5) is 27.1. The fourth-order valence-electron chi connectivity index (χ4n) is 3.94. The van der Waals surface area contributed by atoms with Crippen LogP contribution in [0.5, 0.6) is 0 Å². The van der Waals surface area contributed by atoms with Gasteiger partial charge in [-0.1, -0.05) is 60.7 Å². The summed E-state index contributed by atoms with van der Waals surface area (Å²) in [5.74, 6) is -0.983. The van der Waals surface area contributed by atoms with Crippen LogP contribution in [0.4, 0.5) is 5.00 Å². The highest BCUT2D eigenvalue weighted by Crippen LogP contribution is 2.39. The molecule has 0 saturated heterocycles. The second-order valence-electron chi connectivity index (χ2n) is 7.15. The van der Waals surface area contributed by atoms with Crippen LogP contribution in [0.15, 0.2) is 60.7 Å². The van der Waals surface area contributed by atoms with Crippen molar-refractivity contribution in [2.75, 3.05) is 12.4 Å². The van der Waals surface area contributed by atoms with E-state index in [9.17, 15) is 9.59 Å². The number of ether oxygens (including phenoxy) is 1. The van der Waals surface area contributed by atoms with Gasteiger partial charge in [-0.15, -0.1) is 11.3 Å². The number of hydrogen-bond donors (Lipinski definition) is 1.